The molecule has 0 aliphatic rings. The number of Topliss-reactive ketones (excluding diaryl/α,β-unsaturated/α-hetero) is 1. The molecule has 0 atom stereocenters. The van der Waals surface area contributed by atoms with Crippen molar-refractivity contribution in [3.05, 3.63) is 34.9 Å². The van der Waals surface area contributed by atoms with Gasteiger partial charge in [-0.3, -0.25) is 4.79 Å². The van der Waals surface area contributed by atoms with Gasteiger partial charge in [0.05, 0.1) is 0 Å². The molecule has 0 amide bonds. The quantitative estimate of drug-likeness (QED) is 0.693. The summed E-state index contributed by atoms with van der Waals surface area (Å²) in [5.41, 5.74) is 0.944. The molecule has 1 aromatic carbocycles. The van der Waals surface area contributed by atoms with Gasteiger partial charge in [0.2, 0.25) is 0 Å². The fourth-order valence-corrected chi connectivity index (χ4v) is 1.39. The topological polar surface area (TPSA) is 17.1 Å². The fraction of sp³-hybridized carbons (Fsp3) is 0.250. The fourth-order valence-electron chi connectivity index (χ4n) is 1.17. The molecular formula is C12H11ClO. The van der Waals surface area contributed by atoms with Crippen LogP contribution in [-0.4, -0.2) is 5.78 Å². The maximum absolute atomic E-state index is 11.3. The highest BCUT2D eigenvalue weighted by atomic mass is 35.5. The second kappa shape index (κ2) is 5.47. The molecule has 0 unspecified atom stereocenters. The first-order valence-corrected chi connectivity index (χ1v) is 4.80. The lowest BCUT2D eigenvalue weighted by molar-refractivity contribution is -0.118. The molecule has 0 saturated heterocycles. The van der Waals surface area contributed by atoms with Crippen molar-refractivity contribution >= 4 is 17.4 Å². The number of benzene rings is 1. The predicted octanol–water partition coefficient (Wildman–Crippen LogP) is 2.87. The lowest BCUT2D eigenvalue weighted by Gasteiger charge is -1.99. The molecule has 1 nitrogen and oxygen atoms in total. The number of carbonyl (C=O) groups excluding carboxylic acids is 1. The summed E-state index contributed by atoms with van der Waals surface area (Å²) in [6, 6.07) is 7.32. The smallest absolute Gasteiger partial charge is 0.138 e. The molecular weight excluding hydrogens is 196 g/mol. The standard InChI is InChI=1S/C12H11ClO/c1-2-3-7-12(14)9-10-5-4-6-11(13)8-10/h1,4-6,8H,3,7,9H2. The number of ketones is 1. The Morgan fingerprint density at radius 2 is 2.29 bits per heavy atom. The Morgan fingerprint density at radius 3 is 2.93 bits per heavy atom. The van der Waals surface area contributed by atoms with E-state index >= 15 is 0 Å². The number of halogens is 1. The minimum absolute atomic E-state index is 0.158. The number of hydrogen-bond acceptors (Lipinski definition) is 1. The van der Waals surface area contributed by atoms with Crippen molar-refractivity contribution in [1.82, 2.24) is 0 Å². The number of rotatable bonds is 4. The second-order valence-corrected chi connectivity index (χ2v) is 3.49. The highest BCUT2D eigenvalue weighted by Gasteiger charge is 2.02. The van der Waals surface area contributed by atoms with E-state index in [2.05, 4.69) is 5.92 Å². The Morgan fingerprint density at radius 1 is 1.50 bits per heavy atom. The first-order valence-electron chi connectivity index (χ1n) is 4.42. The van der Waals surface area contributed by atoms with Crippen molar-refractivity contribution in [1.29, 1.82) is 0 Å². The molecule has 0 spiro atoms. The summed E-state index contributed by atoms with van der Waals surface area (Å²) in [5.74, 6) is 2.61. The average Bonchev–Trinajstić information content (AvgIpc) is 2.15. The molecule has 0 aliphatic carbocycles. The maximum Gasteiger partial charge on any atom is 0.138 e. The second-order valence-electron chi connectivity index (χ2n) is 3.05. The van der Waals surface area contributed by atoms with E-state index in [9.17, 15) is 4.79 Å². The van der Waals surface area contributed by atoms with Crippen LogP contribution in [0.3, 0.4) is 0 Å². The van der Waals surface area contributed by atoms with Crippen LogP contribution >= 0.6 is 11.6 Å². The van der Waals surface area contributed by atoms with Crippen molar-refractivity contribution in [2.24, 2.45) is 0 Å². The van der Waals surface area contributed by atoms with E-state index in [1.54, 1.807) is 12.1 Å². The van der Waals surface area contributed by atoms with Gasteiger partial charge in [0.1, 0.15) is 5.78 Å². The highest BCUT2D eigenvalue weighted by Crippen LogP contribution is 2.11. The number of terminal acetylenes is 1. The Kier molecular flexibility index (Phi) is 4.22. The molecule has 0 aliphatic heterocycles. The number of hydrogen-bond donors (Lipinski definition) is 0. The molecule has 1 rings (SSSR count). The largest absolute Gasteiger partial charge is 0.299 e. The molecule has 0 heterocycles. The van der Waals surface area contributed by atoms with Gasteiger partial charge in [-0.2, -0.15) is 0 Å². The van der Waals surface area contributed by atoms with E-state index in [4.69, 9.17) is 18.0 Å². The van der Waals surface area contributed by atoms with Crippen molar-refractivity contribution in [3.63, 3.8) is 0 Å². The van der Waals surface area contributed by atoms with E-state index in [1.807, 2.05) is 12.1 Å². The van der Waals surface area contributed by atoms with Crippen LogP contribution < -0.4 is 0 Å². The van der Waals surface area contributed by atoms with Gasteiger partial charge < -0.3 is 0 Å². The molecule has 14 heavy (non-hydrogen) atoms. The first kappa shape index (κ1) is 10.8. The van der Waals surface area contributed by atoms with Gasteiger partial charge in [-0.15, -0.1) is 12.3 Å². The molecule has 0 fully saturated rings. The van der Waals surface area contributed by atoms with E-state index in [1.165, 1.54) is 0 Å². The third-order valence-electron chi connectivity index (χ3n) is 1.84. The molecule has 0 saturated carbocycles. The van der Waals surface area contributed by atoms with E-state index in [-0.39, 0.29) is 5.78 Å². The molecule has 72 valence electrons. The summed E-state index contributed by atoms with van der Waals surface area (Å²) in [6.45, 7) is 0. The van der Waals surface area contributed by atoms with Gasteiger partial charge in [-0.1, -0.05) is 23.7 Å². The van der Waals surface area contributed by atoms with E-state index < -0.39 is 0 Å². The van der Waals surface area contributed by atoms with Crippen LogP contribution in [0.5, 0.6) is 0 Å². The summed E-state index contributed by atoms with van der Waals surface area (Å²) >= 11 is 5.79. The van der Waals surface area contributed by atoms with Gasteiger partial charge >= 0.3 is 0 Å². The molecule has 1 aromatic rings. The summed E-state index contributed by atoms with van der Waals surface area (Å²) in [4.78, 5) is 11.3. The van der Waals surface area contributed by atoms with Gasteiger partial charge in [-0.05, 0) is 17.7 Å². The first-order chi connectivity index (χ1) is 6.72. The summed E-state index contributed by atoms with van der Waals surface area (Å²) in [7, 11) is 0. The van der Waals surface area contributed by atoms with Gasteiger partial charge in [0.15, 0.2) is 0 Å². The van der Waals surface area contributed by atoms with Gasteiger partial charge in [0.25, 0.3) is 0 Å². The SMILES string of the molecule is C#CCCC(=O)Cc1cccc(Cl)c1. The number of carbonyl (C=O) groups is 1. The zero-order valence-electron chi connectivity index (χ0n) is 7.79. The van der Waals surface area contributed by atoms with Crippen LogP contribution in [-0.2, 0) is 11.2 Å². The van der Waals surface area contributed by atoms with E-state index in [0.717, 1.165) is 5.56 Å². The Labute approximate surface area is 89.1 Å². The lowest BCUT2D eigenvalue weighted by Crippen LogP contribution is -2.01. The summed E-state index contributed by atoms with van der Waals surface area (Å²) in [6.07, 6.45) is 6.45. The third-order valence-corrected chi connectivity index (χ3v) is 2.07. The zero-order chi connectivity index (χ0) is 10.4. The molecule has 2 heteroatoms. The normalized spacial score (nSPS) is 9.43. The van der Waals surface area contributed by atoms with Crippen molar-refractivity contribution in [2.75, 3.05) is 0 Å². The van der Waals surface area contributed by atoms with Crippen molar-refractivity contribution in [3.8, 4) is 12.3 Å². The zero-order valence-corrected chi connectivity index (χ0v) is 8.55. The Bertz CT molecular complexity index is 363. The average molecular weight is 207 g/mol. The molecule has 0 aromatic heterocycles. The summed E-state index contributed by atoms with van der Waals surface area (Å²) < 4.78 is 0. The van der Waals surface area contributed by atoms with Crippen LogP contribution in [0.2, 0.25) is 5.02 Å². The van der Waals surface area contributed by atoms with Crippen LogP contribution in [0.25, 0.3) is 0 Å². The van der Waals surface area contributed by atoms with E-state index in [0.29, 0.717) is 24.3 Å². The van der Waals surface area contributed by atoms with Gasteiger partial charge in [0, 0.05) is 24.3 Å². The van der Waals surface area contributed by atoms with Crippen molar-refractivity contribution in [2.45, 2.75) is 19.3 Å². The highest BCUT2D eigenvalue weighted by molar-refractivity contribution is 6.30. The molecule has 0 bridgehead atoms. The van der Waals surface area contributed by atoms with Gasteiger partial charge in [-0.25, -0.2) is 0 Å². The third kappa shape index (κ3) is 3.64. The maximum atomic E-state index is 11.3. The lowest BCUT2D eigenvalue weighted by atomic mass is 10.1. The van der Waals surface area contributed by atoms with Crippen LogP contribution in [0, 0.1) is 12.3 Å². The van der Waals surface area contributed by atoms with Crippen LogP contribution in [0.4, 0.5) is 0 Å². The molecule has 0 radical (unpaired) electrons. The monoisotopic (exact) mass is 206 g/mol. The minimum Gasteiger partial charge on any atom is -0.299 e. The minimum atomic E-state index is 0.158. The molecule has 0 N–H and O–H groups in total. The Balaban J connectivity index is 2.53. The summed E-state index contributed by atoms with van der Waals surface area (Å²) in [5, 5.41) is 0.659. The van der Waals surface area contributed by atoms with Crippen LogP contribution in [0.1, 0.15) is 18.4 Å². The Hall–Kier alpha value is -1.26. The van der Waals surface area contributed by atoms with Crippen LogP contribution in [0.15, 0.2) is 24.3 Å². The van der Waals surface area contributed by atoms with Crippen molar-refractivity contribution < 1.29 is 4.79 Å². The predicted molar refractivity (Wildman–Crippen MR) is 58.2 cm³/mol.